The van der Waals surface area contributed by atoms with Crippen molar-refractivity contribution in [3.05, 3.63) is 42.5 Å². The van der Waals surface area contributed by atoms with Crippen LogP contribution in [-0.4, -0.2) is 9.97 Å². The first-order valence-corrected chi connectivity index (χ1v) is 7.67. The number of hydrogen-bond acceptors (Lipinski definition) is 4. The fourth-order valence-corrected chi connectivity index (χ4v) is 5.38. The summed E-state index contributed by atoms with van der Waals surface area (Å²) in [7, 11) is 0. The van der Waals surface area contributed by atoms with E-state index < -0.39 is 0 Å². The summed E-state index contributed by atoms with van der Waals surface area (Å²) in [4.78, 5) is 8.53. The molecule has 0 fully saturated rings. The van der Waals surface area contributed by atoms with Gasteiger partial charge in [-0.25, -0.2) is 0 Å². The fourth-order valence-electron chi connectivity index (χ4n) is 2.75. The smallest absolute Gasteiger partial charge is 0.264 e. The van der Waals surface area contributed by atoms with Crippen molar-refractivity contribution in [2.24, 2.45) is 0 Å². The molecular formula is C14H8N3S2+. The highest BCUT2D eigenvalue weighted by atomic mass is 32.2. The van der Waals surface area contributed by atoms with Gasteiger partial charge in [-0.15, -0.1) is 11.3 Å². The Morgan fingerprint density at radius 1 is 1.05 bits per heavy atom. The molecule has 5 heteroatoms. The molecule has 0 unspecified atom stereocenters. The highest BCUT2D eigenvalue weighted by Crippen LogP contribution is 2.41. The average Bonchev–Trinajstić information content (AvgIpc) is 3.05. The minimum absolute atomic E-state index is 0.952. The van der Waals surface area contributed by atoms with E-state index in [0.29, 0.717) is 0 Å². The highest BCUT2D eigenvalue weighted by molar-refractivity contribution is 7.42. The predicted octanol–water partition coefficient (Wildman–Crippen LogP) is 3.22. The topological polar surface area (TPSA) is 29.7 Å². The molecule has 90 valence electrons. The number of hydrogen-bond donors (Lipinski definition) is 0. The van der Waals surface area contributed by atoms with E-state index in [1.54, 1.807) is 0 Å². The summed E-state index contributed by atoms with van der Waals surface area (Å²) < 4.78 is 5.11. The van der Waals surface area contributed by atoms with Crippen molar-refractivity contribution >= 4 is 42.3 Å². The monoisotopic (exact) mass is 282 g/mol. The summed E-state index contributed by atoms with van der Waals surface area (Å²) in [5.41, 5.74) is 3.99. The number of aromatic nitrogens is 3. The Kier molecular flexibility index (Phi) is 1.78. The summed E-state index contributed by atoms with van der Waals surface area (Å²) in [6.45, 7) is 0.952. The molecule has 19 heavy (non-hydrogen) atoms. The molecule has 0 bridgehead atoms. The van der Waals surface area contributed by atoms with Crippen LogP contribution in [0.1, 0.15) is 5.56 Å². The normalized spacial score (nSPS) is 13.1. The van der Waals surface area contributed by atoms with E-state index in [2.05, 4.69) is 26.7 Å². The number of fused-ring (bicyclic) bond motifs is 7. The summed E-state index contributed by atoms with van der Waals surface area (Å²) >= 11 is 3.73. The molecule has 0 amide bonds. The Hall–Kier alpha value is -1.85. The van der Waals surface area contributed by atoms with Crippen molar-refractivity contribution in [1.82, 2.24) is 9.97 Å². The molecular weight excluding hydrogens is 274 g/mol. The van der Waals surface area contributed by atoms with Crippen LogP contribution >= 0.6 is 22.7 Å². The Balaban J connectivity index is 1.94. The second-order valence-corrected chi connectivity index (χ2v) is 6.95. The van der Waals surface area contributed by atoms with Gasteiger partial charge in [0.05, 0.1) is 10.9 Å². The molecule has 3 nitrogen and oxygen atoms in total. The van der Waals surface area contributed by atoms with E-state index in [0.717, 1.165) is 6.54 Å². The van der Waals surface area contributed by atoms with Gasteiger partial charge >= 0.3 is 0 Å². The van der Waals surface area contributed by atoms with Crippen LogP contribution in [0.2, 0.25) is 0 Å². The van der Waals surface area contributed by atoms with Crippen LogP contribution in [0.3, 0.4) is 0 Å². The van der Waals surface area contributed by atoms with E-state index in [4.69, 9.17) is 0 Å². The molecule has 0 N–H and O–H groups in total. The maximum absolute atomic E-state index is 4.28. The largest absolute Gasteiger partial charge is 0.273 e. The molecule has 0 saturated heterocycles. The first kappa shape index (κ1) is 10.00. The van der Waals surface area contributed by atoms with E-state index >= 15 is 0 Å². The van der Waals surface area contributed by atoms with Crippen molar-refractivity contribution in [1.29, 1.82) is 0 Å². The zero-order valence-corrected chi connectivity index (χ0v) is 11.5. The zero-order valence-electron chi connectivity index (χ0n) is 9.83. The fraction of sp³-hybridized carbons (Fsp3) is 0.0714. The molecule has 5 heterocycles. The van der Waals surface area contributed by atoms with Crippen molar-refractivity contribution in [3.63, 3.8) is 0 Å². The van der Waals surface area contributed by atoms with Gasteiger partial charge in [0, 0.05) is 35.1 Å². The third kappa shape index (κ3) is 1.19. The quantitative estimate of drug-likeness (QED) is 0.408. The molecule has 1 aliphatic rings. The average molecular weight is 282 g/mol. The van der Waals surface area contributed by atoms with Gasteiger partial charge in [0.2, 0.25) is 5.52 Å². The van der Waals surface area contributed by atoms with Crippen LogP contribution in [0.25, 0.3) is 30.2 Å². The number of pyridine rings is 2. The van der Waals surface area contributed by atoms with Crippen molar-refractivity contribution in [3.8, 4) is 10.6 Å². The molecule has 4 aromatic rings. The second-order valence-electron chi connectivity index (χ2n) is 4.64. The van der Waals surface area contributed by atoms with Gasteiger partial charge in [0.15, 0.2) is 10.6 Å². The molecule has 0 aromatic carbocycles. The van der Waals surface area contributed by atoms with Crippen LogP contribution in [-0.2, 0) is 6.54 Å². The Bertz CT molecular complexity index is 952. The van der Waals surface area contributed by atoms with Gasteiger partial charge in [-0.2, -0.15) is 4.57 Å². The molecule has 0 radical (unpaired) electrons. The van der Waals surface area contributed by atoms with Crippen LogP contribution < -0.4 is 4.57 Å². The summed E-state index contributed by atoms with van der Waals surface area (Å²) in [5, 5.41) is 2.60. The molecule has 5 rings (SSSR count). The van der Waals surface area contributed by atoms with E-state index in [9.17, 15) is 0 Å². The number of thiazole rings is 1. The Morgan fingerprint density at radius 2 is 1.95 bits per heavy atom. The standard InChI is InChI=1S/C14H8N3S2/c1-3-15-5-9-8(1)7-17-12-10-6-16-4-2-11(10)18-14(12)19-13(9)17/h1-6H,7H2/q+1. The lowest BCUT2D eigenvalue weighted by molar-refractivity contribution is -0.641. The minimum atomic E-state index is 0.952. The van der Waals surface area contributed by atoms with Gasteiger partial charge in [-0.3, -0.25) is 9.97 Å². The molecule has 1 aliphatic heterocycles. The van der Waals surface area contributed by atoms with Crippen molar-refractivity contribution in [2.45, 2.75) is 6.54 Å². The lowest BCUT2D eigenvalue weighted by Gasteiger charge is -1.89. The third-order valence-corrected chi connectivity index (χ3v) is 6.07. The molecule has 4 aromatic heterocycles. The SMILES string of the molecule is c1cc2c(cn1)-c1sc3sc4ccncc4c3[n+]1C2. The van der Waals surface area contributed by atoms with Gasteiger partial charge in [0.1, 0.15) is 0 Å². The second kappa shape index (κ2) is 3.37. The molecule has 0 atom stereocenters. The summed E-state index contributed by atoms with van der Waals surface area (Å²) in [5.74, 6) is 0. The van der Waals surface area contributed by atoms with Crippen LogP contribution in [0.5, 0.6) is 0 Å². The number of nitrogens with zero attached hydrogens (tertiary/aromatic N) is 3. The Labute approximate surface area is 116 Å². The number of rotatable bonds is 0. The predicted molar refractivity (Wildman–Crippen MR) is 77.5 cm³/mol. The summed E-state index contributed by atoms with van der Waals surface area (Å²) in [6.07, 6.45) is 7.70. The van der Waals surface area contributed by atoms with E-state index in [1.165, 1.54) is 35.8 Å². The number of thiophene rings is 1. The highest BCUT2D eigenvalue weighted by Gasteiger charge is 2.33. The van der Waals surface area contributed by atoms with Crippen LogP contribution in [0, 0.1) is 0 Å². The molecule has 0 spiro atoms. The Morgan fingerprint density at radius 3 is 2.95 bits per heavy atom. The van der Waals surface area contributed by atoms with E-state index in [-0.39, 0.29) is 0 Å². The van der Waals surface area contributed by atoms with E-state index in [1.807, 2.05) is 47.5 Å². The summed E-state index contributed by atoms with van der Waals surface area (Å²) in [6, 6.07) is 4.22. The minimum Gasteiger partial charge on any atom is -0.264 e. The maximum atomic E-state index is 4.28. The molecule has 0 aliphatic carbocycles. The van der Waals surface area contributed by atoms with Crippen LogP contribution in [0.15, 0.2) is 36.9 Å². The lowest BCUT2D eigenvalue weighted by atomic mass is 10.2. The first-order valence-electron chi connectivity index (χ1n) is 6.04. The van der Waals surface area contributed by atoms with Crippen molar-refractivity contribution in [2.75, 3.05) is 0 Å². The van der Waals surface area contributed by atoms with Gasteiger partial charge in [-0.1, -0.05) is 11.3 Å². The zero-order chi connectivity index (χ0) is 12.4. The van der Waals surface area contributed by atoms with Gasteiger partial charge in [0.25, 0.3) is 5.01 Å². The maximum Gasteiger partial charge on any atom is 0.273 e. The van der Waals surface area contributed by atoms with Crippen LogP contribution in [0.4, 0.5) is 0 Å². The van der Waals surface area contributed by atoms with Gasteiger partial charge in [-0.05, 0) is 12.1 Å². The molecule has 0 saturated carbocycles. The first-order chi connectivity index (χ1) is 9.42. The van der Waals surface area contributed by atoms with Gasteiger partial charge < -0.3 is 0 Å². The van der Waals surface area contributed by atoms with Crippen molar-refractivity contribution < 1.29 is 4.57 Å². The lowest BCUT2D eigenvalue weighted by Crippen LogP contribution is -2.30. The third-order valence-electron chi connectivity index (χ3n) is 3.61.